The minimum atomic E-state index is -1.06. The Bertz CT molecular complexity index is 767. The molecule has 0 radical (unpaired) electrons. The molecule has 0 amide bonds. The highest BCUT2D eigenvalue weighted by atomic mass is 35.5. The number of unbranched alkanes of at least 4 members (excludes halogenated alkanes) is 1. The molecule has 1 aromatic carbocycles. The number of hydrogen-bond donors (Lipinski definition) is 1. The lowest BCUT2D eigenvalue weighted by molar-refractivity contribution is -0.121. The van der Waals surface area contributed by atoms with Crippen molar-refractivity contribution in [1.29, 1.82) is 0 Å². The predicted octanol–water partition coefficient (Wildman–Crippen LogP) is 4.32. The van der Waals surface area contributed by atoms with Gasteiger partial charge in [-0.2, -0.15) is 0 Å². The minimum Gasteiger partial charge on any atom is -0.484 e. The molecule has 0 fully saturated rings. The molecule has 0 aliphatic carbocycles. The average molecular weight is 358 g/mol. The lowest BCUT2D eigenvalue weighted by Crippen LogP contribution is -2.11. The van der Waals surface area contributed by atoms with Gasteiger partial charge in [-0.15, -0.1) is 0 Å². The van der Waals surface area contributed by atoms with Gasteiger partial charge < -0.3 is 14.4 Å². The van der Waals surface area contributed by atoms with E-state index in [4.69, 9.17) is 27.9 Å². The van der Waals surface area contributed by atoms with E-state index in [-0.39, 0.29) is 33.9 Å². The Morgan fingerprint density at radius 2 is 1.96 bits per heavy atom. The molecule has 0 aliphatic rings. The molecule has 2 aromatic rings. The van der Waals surface area contributed by atoms with Crippen molar-refractivity contribution in [3.05, 3.63) is 27.9 Å². The standard InChI is InChI=1S/C16H17Cl2NO4/c1-3-4-5-9(20)8-23-13-7-11-10(14(17)15(13)18)6-12(16(21)22)19(11)2/h6-7H,3-5,8H2,1-2H3,(H,21,22). The molecule has 0 saturated carbocycles. The molecule has 1 aromatic heterocycles. The number of carbonyl (C=O) groups is 2. The summed E-state index contributed by atoms with van der Waals surface area (Å²) in [7, 11) is 1.62. The number of aromatic nitrogens is 1. The van der Waals surface area contributed by atoms with Crippen LogP contribution in [0.4, 0.5) is 0 Å². The van der Waals surface area contributed by atoms with Gasteiger partial charge in [0.15, 0.2) is 5.78 Å². The van der Waals surface area contributed by atoms with Crippen LogP contribution in [0.3, 0.4) is 0 Å². The number of rotatable bonds is 7. The fourth-order valence-electron chi connectivity index (χ4n) is 2.30. The van der Waals surface area contributed by atoms with E-state index in [0.29, 0.717) is 17.3 Å². The van der Waals surface area contributed by atoms with Crippen molar-refractivity contribution in [2.75, 3.05) is 6.61 Å². The van der Waals surface area contributed by atoms with E-state index in [0.717, 1.165) is 12.8 Å². The summed E-state index contributed by atoms with van der Waals surface area (Å²) in [5, 5.41) is 10.1. The molecular weight excluding hydrogens is 341 g/mol. The summed E-state index contributed by atoms with van der Waals surface area (Å²) in [6.07, 6.45) is 2.21. The van der Waals surface area contributed by atoms with Crippen LogP contribution in [0.15, 0.2) is 12.1 Å². The number of ketones is 1. The zero-order valence-corrected chi connectivity index (χ0v) is 14.4. The number of benzene rings is 1. The Balaban J connectivity index is 2.34. The van der Waals surface area contributed by atoms with Gasteiger partial charge in [0.1, 0.15) is 23.1 Å². The van der Waals surface area contributed by atoms with Gasteiger partial charge in [-0.3, -0.25) is 4.79 Å². The van der Waals surface area contributed by atoms with Gasteiger partial charge in [0.25, 0.3) is 0 Å². The summed E-state index contributed by atoms with van der Waals surface area (Å²) in [5.41, 5.74) is 0.668. The first-order valence-electron chi connectivity index (χ1n) is 7.22. The topological polar surface area (TPSA) is 68.5 Å². The zero-order chi connectivity index (χ0) is 17.1. The van der Waals surface area contributed by atoms with Gasteiger partial charge in [0.2, 0.25) is 0 Å². The van der Waals surface area contributed by atoms with Gasteiger partial charge in [-0.25, -0.2) is 4.79 Å². The van der Waals surface area contributed by atoms with Crippen molar-refractivity contribution in [1.82, 2.24) is 4.57 Å². The smallest absolute Gasteiger partial charge is 0.352 e. The molecule has 124 valence electrons. The van der Waals surface area contributed by atoms with E-state index < -0.39 is 5.97 Å². The van der Waals surface area contributed by atoms with Crippen LogP contribution in [-0.4, -0.2) is 28.0 Å². The van der Waals surface area contributed by atoms with Crippen LogP contribution in [-0.2, 0) is 11.8 Å². The molecule has 23 heavy (non-hydrogen) atoms. The maximum atomic E-state index is 11.7. The number of carbonyl (C=O) groups excluding carboxylic acids is 1. The SMILES string of the molecule is CCCCC(=O)COc1cc2c(cc(C(=O)O)n2C)c(Cl)c1Cl. The number of carboxylic acids is 1. The summed E-state index contributed by atoms with van der Waals surface area (Å²) in [4.78, 5) is 22.9. The largest absolute Gasteiger partial charge is 0.484 e. The number of hydrogen-bond acceptors (Lipinski definition) is 3. The monoisotopic (exact) mass is 357 g/mol. The van der Waals surface area contributed by atoms with Crippen molar-refractivity contribution in [2.24, 2.45) is 7.05 Å². The van der Waals surface area contributed by atoms with Crippen LogP contribution in [0.25, 0.3) is 10.9 Å². The van der Waals surface area contributed by atoms with Crippen LogP contribution >= 0.6 is 23.2 Å². The summed E-state index contributed by atoms with van der Waals surface area (Å²) in [6, 6.07) is 3.06. The third-order valence-corrected chi connectivity index (χ3v) is 4.47. The molecule has 0 unspecified atom stereocenters. The number of halogens is 2. The first-order valence-corrected chi connectivity index (χ1v) is 7.97. The highest BCUT2D eigenvalue weighted by molar-refractivity contribution is 6.46. The van der Waals surface area contributed by atoms with Gasteiger partial charge in [-0.05, 0) is 12.5 Å². The van der Waals surface area contributed by atoms with Crippen molar-refractivity contribution in [3.8, 4) is 5.75 Å². The second-order valence-corrected chi connectivity index (χ2v) is 6.02. The van der Waals surface area contributed by atoms with Crippen molar-refractivity contribution in [3.63, 3.8) is 0 Å². The fourth-order valence-corrected chi connectivity index (χ4v) is 2.75. The highest BCUT2D eigenvalue weighted by Gasteiger charge is 2.19. The number of Topliss-reactive ketones (excluding diaryl/α,β-unsaturated/α-hetero) is 1. The molecule has 0 atom stereocenters. The third kappa shape index (κ3) is 3.62. The van der Waals surface area contributed by atoms with E-state index >= 15 is 0 Å². The number of aromatic carboxylic acids is 1. The van der Waals surface area contributed by atoms with Crippen LogP contribution in [0.5, 0.6) is 5.75 Å². The van der Waals surface area contributed by atoms with Gasteiger partial charge in [0, 0.05) is 24.9 Å². The quantitative estimate of drug-likeness (QED) is 0.800. The number of fused-ring (bicyclic) bond motifs is 1. The Kier molecular flexibility index (Phi) is 5.55. The molecule has 5 nitrogen and oxygen atoms in total. The molecule has 0 bridgehead atoms. The number of ether oxygens (including phenoxy) is 1. The second kappa shape index (κ2) is 7.23. The van der Waals surface area contributed by atoms with Gasteiger partial charge >= 0.3 is 5.97 Å². The molecule has 0 saturated heterocycles. The van der Waals surface area contributed by atoms with E-state index in [2.05, 4.69) is 0 Å². The second-order valence-electron chi connectivity index (χ2n) is 5.26. The molecule has 1 N–H and O–H groups in total. The van der Waals surface area contributed by atoms with Crippen molar-refractivity contribution in [2.45, 2.75) is 26.2 Å². The molecular formula is C16H17Cl2NO4. The Labute approximate surface area is 143 Å². The summed E-state index contributed by atoms with van der Waals surface area (Å²) >= 11 is 12.4. The van der Waals surface area contributed by atoms with Gasteiger partial charge in [-0.1, -0.05) is 36.5 Å². The summed E-state index contributed by atoms with van der Waals surface area (Å²) in [6.45, 7) is 1.92. The number of aryl methyl sites for hydroxylation is 1. The zero-order valence-electron chi connectivity index (χ0n) is 12.9. The van der Waals surface area contributed by atoms with Crippen LogP contribution in [0.1, 0.15) is 36.7 Å². The third-order valence-electron chi connectivity index (χ3n) is 3.61. The first kappa shape index (κ1) is 17.6. The Hall–Kier alpha value is -1.72. The van der Waals surface area contributed by atoms with Crippen LogP contribution < -0.4 is 4.74 Å². The predicted molar refractivity (Wildman–Crippen MR) is 89.9 cm³/mol. The maximum absolute atomic E-state index is 11.7. The molecule has 0 aliphatic heterocycles. The molecule has 7 heteroatoms. The minimum absolute atomic E-state index is 0.0164. The van der Waals surface area contributed by atoms with E-state index in [1.165, 1.54) is 10.6 Å². The van der Waals surface area contributed by atoms with Gasteiger partial charge in [0.05, 0.1) is 10.5 Å². The van der Waals surface area contributed by atoms with E-state index in [1.54, 1.807) is 13.1 Å². The lowest BCUT2D eigenvalue weighted by Gasteiger charge is -2.10. The first-order chi connectivity index (χ1) is 10.9. The maximum Gasteiger partial charge on any atom is 0.352 e. The molecule has 1 heterocycles. The van der Waals surface area contributed by atoms with Crippen molar-refractivity contribution < 1.29 is 19.4 Å². The summed E-state index contributed by atoms with van der Waals surface area (Å²) < 4.78 is 6.97. The van der Waals surface area contributed by atoms with Crippen LogP contribution in [0, 0.1) is 0 Å². The molecule has 0 spiro atoms. The van der Waals surface area contributed by atoms with Crippen molar-refractivity contribution >= 4 is 45.9 Å². The Morgan fingerprint density at radius 3 is 2.57 bits per heavy atom. The summed E-state index contributed by atoms with van der Waals surface area (Å²) in [5.74, 6) is -0.808. The van der Waals surface area contributed by atoms with Crippen LogP contribution in [0.2, 0.25) is 10.0 Å². The Morgan fingerprint density at radius 1 is 1.26 bits per heavy atom. The number of carboxylic acid groups (broad SMARTS) is 1. The number of nitrogens with zero attached hydrogens (tertiary/aromatic N) is 1. The van der Waals surface area contributed by atoms with E-state index in [9.17, 15) is 14.7 Å². The average Bonchev–Trinajstić information content (AvgIpc) is 2.84. The normalized spacial score (nSPS) is 11.0. The lowest BCUT2D eigenvalue weighted by atomic mass is 10.2. The highest BCUT2D eigenvalue weighted by Crippen LogP contribution is 2.39. The fraction of sp³-hybridized carbons (Fsp3) is 0.375. The van der Waals surface area contributed by atoms with E-state index in [1.807, 2.05) is 6.92 Å². The molecule has 2 rings (SSSR count).